The van der Waals surface area contributed by atoms with Gasteiger partial charge in [-0.1, -0.05) is 153 Å². The number of hydrogen-bond donors (Lipinski definition) is 1. The van der Waals surface area contributed by atoms with Gasteiger partial charge in [0.25, 0.3) is 0 Å². The Bertz CT molecular complexity index is 1820. The Morgan fingerprint density at radius 2 is 1.09 bits per heavy atom. The fourth-order valence-corrected chi connectivity index (χ4v) is 5.76. The monoisotopic (exact) mass is 812 g/mol. The summed E-state index contributed by atoms with van der Waals surface area (Å²) in [6.45, 7) is 32.2. The van der Waals surface area contributed by atoms with Gasteiger partial charge in [0.15, 0.2) is 0 Å². The zero-order valence-corrected chi connectivity index (χ0v) is 39.1. The normalized spacial score (nSPS) is 13.3. The molecule has 2 atom stereocenters. The zero-order chi connectivity index (χ0) is 42.8. The van der Waals surface area contributed by atoms with Gasteiger partial charge in [-0.3, -0.25) is 15.0 Å². The molecule has 9 heteroatoms. The van der Waals surface area contributed by atoms with Gasteiger partial charge < -0.3 is 25.7 Å². The summed E-state index contributed by atoms with van der Waals surface area (Å²) in [4.78, 5) is 14.5. The molecule has 0 aliphatic heterocycles. The van der Waals surface area contributed by atoms with Crippen LogP contribution in [-0.4, -0.2) is 28.4 Å². The van der Waals surface area contributed by atoms with E-state index in [1.807, 2.05) is 54.6 Å². The van der Waals surface area contributed by atoms with E-state index in [-0.39, 0.29) is 54.9 Å². The number of nitrogens with zero attached hydrogens (tertiary/aromatic N) is 3. The van der Waals surface area contributed by atoms with Crippen molar-refractivity contribution in [3.8, 4) is 11.5 Å². The molecule has 0 amide bonds. The summed E-state index contributed by atoms with van der Waals surface area (Å²) in [5.74, 6) is -0.0503. The van der Waals surface area contributed by atoms with E-state index in [1.165, 1.54) is 0 Å². The van der Waals surface area contributed by atoms with Crippen molar-refractivity contribution < 1.29 is 42.1 Å². The third-order valence-corrected chi connectivity index (χ3v) is 8.83. The molecule has 0 aliphatic carbocycles. The first-order chi connectivity index (χ1) is 25.6. The molecule has 0 fully saturated rings. The molecule has 0 radical (unpaired) electrons. The van der Waals surface area contributed by atoms with Crippen molar-refractivity contribution >= 4 is 6.21 Å². The molecule has 4 aromatic rings. The summed E-state index contributed by atoms with van der Waals surface area (Å²) in [6.07, 6.45) is 4.38. The van der Waals surface area contributed by atoms with E-state index in [0.29, 0.717) is 23.4 Å². The molecule has 0 saturated heterocycles. The first-order valence-electron chi connectivity index (χ1n) is 19.8. The minimum absolute atomic E-state index is 0. The summed E-state index contributed by atoms with van der Waals surface area (Å²) in [6, 6.07) is 18.5. The van der Waals surface area contributed by atoms with Gasteiger partial charge >= 0.3 is 21.7 Å². The van der Waals surface area contributed by atoms with Gasteiger partial charge in [0.1, 0.15) is 6.04 Å². The van der Waals surface area contributed by atoms with Gasteiger partial charge in [-0.15, -0.1) is 18.0 Å². The van der Waals surface area contributed by atoms with Crippen LogP contribution in [0.2, 0.25) is 0 Å². The van der Waals surface area contributed by atoms with Crippen LogP contribution in [-0.2, 0) is 49.9 Å². The number of pyridine rings is 2. The maximum absolute atomic E-state index is 14.5. The molecule has 2 aromatic carbocycles. The first-order valence-corrected chi connectivity index (χ1v) is 19.8. The average molecular weight is 813 g/mol. The Morgan fingerprint density at radius 1 is 0.632 bits per heavy atom. The molecule has 308 valence electrons. The second-order valence-corrected chi connectivity index (χ2v) is 19.1. The van der Waals surface area contributed by atoms with Crippen LogP contribution < -0.4 is 25.7 Å². The smallest absolute Gasteiger partial charge is 0.872 e. The Labute approximate surface area is 359 Å². The Kier molecular flexibility index (Phi) is 19.5. The fraction of sp³-hybridized carbons (Fsp3) is 0.521. The predicted octanol–water partition coefficient (Wildman–Crippen LogP) is 8.01. The van der Waals surface area contributed by atoms with Gasteiger partial charge in [0.2, 0.25) is 0 Å². The second-order valence-electron chi connectivity index (χ2n) is 19.1. The van der Waals surface area contributed by atoms with Crippen LogP contribution >= 0.6 is 0 Å². The van der Waals surface area contributed by atoms with Gasteiger partial charge in [-0.05, 0) is 79.3 Å². The van der Waals surface area contributed by atoms with E-state index in [9.17, 15) is 20.4 Å². The number of aromatic nitrogens is 2. The standard InChI is InChI=1S/C42H56N4O2.2C3H7O.Ti/c1-39(2,3)28-21-27(37(47)32(23-28)41(7,8)9)25-45-36(34-18-14-16-20-44-34)35(46-26-30-17-13-15-19-43-30)31-22-29(40(4,5)6)24-33(38(31)48)42(10,11)12;2*1-3(2)4;/h13-25,35-36,46-48H,26H2,1-12H3;2*3H,1-2H3;/q;2*-1;+4/p-2/t35-,36+;;;/m0.../s1. The molecule has 0 unspecified atom stereocenters. The van der Waals surface area contributed by atoms with Gasteiger partial charge in [0.05, 0.1) is 17.4 Å². The van der Waals surface area contributed by atoms with Crippen molar-refractivity contribution in [1.29, 1.82) is 0 Å². The molecule has 0 aliphatic rings. The molecule has 2 aromatic heterocycles. The first kappa shape index (κ1) is 51.6. The summed E-state index contributed by atoms with van der Waals surface area (Å²) in [5, 5.41) is 51.3. The summed E-state index contributed by atoms with van der Waals surface area (Å²) in [7, 11) is 0. The Balaban J connectivity index is 0.00000165. The van der Waals surface area contributed by atoms with Crippen molar-refractivity contribution in [3.63, 3.8) is 0 Å². The van der Waals surface area contributed by atoms with E-state index in [0.717, 1.165) is 27.9 Å². The molecular formula is C48H68N4O4Ti. The SMILES string of the molecule is CC(C)(C)c1cc(C=N[C@H](c2ccccn2)[C@@H](NCc2ccccn2)c2cc(C(C)(C)C)cc(C(C)(C)C)c2[O-])c([O-])c(C(C)(C)C)c1.CC(C)[O-].CC(C)[O-].[Ti+4]. The molecule has 0 bridgehead atoms. The number of benzene rings is 2. The Morgan fingerprint density at radius 3 is 1.51 bits per heavy atom. The molecule has 1 N–H and O–H groups in total. The van der Waals surface area contributed by atoms with Crippen molar-refractivity contribution in [2.45, 2.75) is 163 Å². The van der Waals surface area contributed by atoms with Crippen LogP contribution in [0.5, 0.6) is 11.5 Å². The van der Waals surface area contributed by atoms with Crippen molar-refractivity contribution in [2.24, 2.45) is 4.99 Å². The van der Waals surface area contributed by atoms with Gasteiger partial charge in [-0.25, -0.2) is 0 Å². The van der Waals surface area contributed by atoms with Crippen LogP contribution in [0.1, 0.15) is 168 Å². The van der Waals surface area contributed by atoms with E-state index >= 15 is 0 Å². The minimum Gasteiger partial charge on any atom is -0.872 e. The maximum atomic E-state index is 14.5. The molecular weight excluding hydrogens is 744 g/mol. The molecule has 0 saturated carbocycles. The van der Waals surface area contributed by atoms with E-state index in [2.05, 4.69) is 99.5 Å². The third kappa shape index (κ3) is 16.4. The summed E-state index contributed by atoms with van der Waals surface area (Å²) in [5.41, 5.74) is 5.25. The largest absolute Gasteiger partial charge is 4.00 e. The quantitative estimate of drug-likeness (QED) is 0.140. The number of rotatable bonds is 8. The average Bonchev–Trinajstić information content (AvgIpc) is 3.05. The van der Waals surface area contributed by atoms with Crippen molar-refractivity contribution in [3.05, 3.63) is 118 Å². The second kappa shape index (κ2) is 21.6. The topological polar surface area (TPSA) is 142 Å². The van der Waals surface area contributed by atoms with Crippen molar-refractivity contribution in [2.75, 3.05) is 0 Å². The minimum atomic E-state index is -0.624. The van der Waals surface area contributed by atoms with Crippen LogP contribution in [0.15, 0.2) is 78.0 Å². The molecule has 4 rings (SSSR count). The summed E-state index contributed by atoms with van der Waals surface area (Å²) >= 11 is 0. The molecule has 2 heterocycles. The van der Waals surface area contributed by atoms with Gasteiger partial charge in [0, 0.05) is 25.2 Å². The molecule has 0 spiro atoms. The van der Waals surface area contributed by atoms with Crippen molar-refractivity contribution in [1.82, 2.24) is 15.3 Å². The summed E-state index contributed by atoms with van der Waals surface area (Å²) < 4.78 is 0. The van der Waals surface area contributed by atoms with Crippen LogP contribution in [0.3, 0.4) is 0 Å². The maximum Gasteiger partial charge on any atom is 4.00 e. The third-order valence-electron chi connectivity index (χ3n) is 8.83. The fourth-order valence-electron chi connectivity index (χ4n) is 5.76. The molecule has 8 nitrogen and oxygen atoms in total. The van der Waals surface area contributed by atoms with Crippen LogP contribution in [0.4, 0.5) is 0 Å². The van der Waals surface area contributed by atoms with Crippen LogP contribution in [0, 0.1) is 0 Å². The van der Waals surface area contributed by atoms with Gasteiger partial charge in [-0.2, -0.15) is 0 Å². The molecule has 57 heavy (non-hydrogen) atoms. The Hall–Kier alpha value is -3.40. The number of aliphatic imine (C=N–C) groups is 1. The van der Waals surface area contributed by atoms with E-state index in [4.69, 9.17) is 9.98 Å². The zero-order valence-electron chi connectivity index (χ0n) is 37.5. The van der Waals surface area contributed by atoms with E-state index < -0.39 is 24.3 Å². The number of nitrogens with one attached hydrogen (secondary N) is 1. The van der Waals surface area contributed by atoms with Crippen LogP contribution in [0.25, 0.3) is 0 Å². The predicted molar refractivity (Wildman–Crippen MR) is 225 cm³/mol. The van der Waals surface area contributed by atoms with E-state index in [1.54, 1.807) is 46.3 Å². The number of hydrogen-bond acceptors (Lipinski definition) is 8.